The van der Waals surface area contributed by atoms with Crippen LogP contribution in [0.15, 0.2) is 0 Å². The van der Waals surface area contributed by atoms with Crippen molar-refractivity contribution in [1.82, 2.24) is 15.5 Å². The smallest absolute Gasteiger partial charge is 0.315 e. The van der Waals surface area contributed by atoms with Gasteiger partial charge in [-0.1, -0.05) is 0 Å². The minimum Gasteiger partial charge on any atom is -0.481 e. The predicted molar refractivity (Wildman–Crippen MR) is 73.1 cm³/mol. The molecule has 6 nitrogen and oxygen atoms in total. The van der Waals surface area contributed by atoms with Crippen molar-refractivity contribution in [1.29, 1.82) is 0 Å². The molecule has 0 aromatic carbocycles. The number of urea groups is 1. The first-order valence-electron chi connectivity index (χ1n) is 6.95. The Kier molecular flexibility index (Phi) is 6.62. The van der Waals surface area contributed by atoms with Crippen molar-refractivity contribution in [3.63, 3.8) is 0 Å². The number of rotatable bonds is 9. The zero-order valence-electron chi connectivity index (χ0n) is 11.8. The molecule has 110 valence electrons. The zero-order chi connectivity index (χ0) is 14.3. The minimum atomic E-state index is -0.792. The monoisotopic (exact) mass is 271 g/mol. The lowest BCUT2D eigenvalue weighted by Gasteiger charge is -2.17. The van der Waals surface area contributed by atoms with Crippen molar-refractivity contribution in [3.05, 3.63) is 0 Å². The van der Waals surface area contributed by atoms with Gasteiger partial charge in [-0.15, -0.1) is 0 Å². The van der Waals surface area contributed by atoms with E-state index in [0.717, 1.165) is 6.54 Å². The maximum Gasteiger partial charge on any atom is 0.315 e. The Hall–Kier alpha value is -1.30. The highest BCUT2D eigenvalue weighted by Crippen LogP contribution is 2.24. The molecule has 0 bridgehead atoms. The maximum atomic E-state index is 11.6. The van der Waals surface area contributed by atoms with Crippen LogP contribution in [0.3, 0.4) is 0 Å². The van der Waals surface area contributed by atoms with Crippen LogP contribution in [0.5, 0.6) is 0 Å². The van der Waals surface area contributed by atoms with Gasteiger partial charge in [-0.05, 0) is 39.7 Å². The van der Waals surface area contributed by atoms with Crippen LogP contribution in [0.4, 0.5) is 4.79 Å². The molecule has 1 aliphatic carbocycles. The summed E-state index contributed by atoms with van der Waals surface area (Å²) in [5.41, 5.74) is 0. The van der Waals surface area contributed by atoms with E-state index < -0.39 is 5.97 Å². The summed E-state index contributed by atoms with van der Waals surface area (Å²) in [4.78, 5) is 24.2. The molecular weight excluding hydrogens is 246 g/mol. The average molecular weight is 271 g/mol. The number of nitrogens with one attached hydrogen (secondary N) is 2. The first-order chi connectivity index (χ1) is 8.99. The van der Waals surface area contributed by atoms with Crippen molar-refractivity contribution >= 4 is 12.0 Å². The van der Waals surface area contributed by atoms with Crippen LogP contribution in [0.1, 0.15) is 39.0 Å². The number of carbonyl (C=O) groups is 2. The van der Waals surface area contributed by atoms with Crippen LogP contribution in [-0.4, -0.2) is 54.2 Å². The minimum absolute atomic E-state index is 0.000474. The topological polar surface area (TPSA) is 81.7 Å². The number of nitrogens with zero attached hydrogens (tertiary/aromatic N) is 1. The van der Waals surface area contributed by atoms with E-state index in [4.69, 9.17) is 5.11 Å². The first-order valence-corrected chi connectivity index (χ1v) is 6.95. The number of carboxylic acid groups (broad SMARTS) is 1. The zero-order valence-corrected chi connectivity index (χ0v) is 11.8. The van der Waals surface area contributed by atoms with Crippen LogP contribution >= 0.6 is 0 Å². The Bertz CT molecular complexity index is 306. The van der Waals surface area contributed by atoms with Gasteiger partial charge in [0, 0.05) is 31.6 Å². The van der Waals surface area contributed by atoms with Gasteiger partial charge >= 0.3 is 12.0 Å². The van der Waals surface area contributed by atoms with Gasteiger partial charge in [0.05, 0.1) is 0 Å². The van der Waals surface area contributed by atoms with E-state index in [2.05, 4.69) is 22.6 Å². The Labute approximate surface area is 114 Å². The van der Waals surface area contributed by atoms with Crippen molar-refractivity contribution in [2.75, 3.05) is 20.1 Å². The van der Waals surface area contributed by atoms with Crippen LogP contribution in [-0.2, 0) is 4.79 Å². The fourth-order valence-electron chi connectivity index (χ4n) is 1.95. The van der Waals surface area contributed by atoms with Gasteiger partial charge in [0.2, 0.25) is 0 Å². The van der Waals surface area contributed by atoms with Crippen LogP contribution in [0.25, 0.3) is 0 Å². The SMILES string of the molecule is CC(CCCC(=O)O)NC(=O)NCCN(C)C1CC1. The number of likely N-dealkylation sites (N-methyl/N-ethyl adjacent to an activating group) is 1. The highest BCUT2D eigenvalue weighted by Gasteiger charge is 2.25. The second-order valence-electron chi connectivity index (χ2n) is 5.30. The van der Waals surface area contributed by atoms with Crippen molar-refractivity contribution < 1.29 is 14.7 Å². The molecule has 6 heteroatoms. The van der Waals surface area contributed by atoms with Crippen LogP contribution < -0.4 is 10.6 Å². The molecule has 1 unspecified atom stereocenters. The number of hydrogen-bond acceptors (Lipinski definition) is 3. The molecule has 1 atom stereocenters. The lowest BCUT2D eigenvalue weighted by Crippen LogP contribution is -2.43. The van der Waals surface area contributed by atoms with Gasteiger partial charge in [0.1, 0.15) is 0 Å². The van der Waals surface area contributed by atoms with E-state index in [9.17, 15) is 9.59 Å². The summed E-state index contributed by atoms with van der Waals surface area (Å²) in [6.07, 6.45) is 3.95. The highest BCUT2D eigenvalue weighted by molar-refractivity contribution is 5.74. The molecule has 3 N–H and O–H groups in total. The Morgan fingerprint density at radius 3 is 2.68 bits per heavy atom. The lowest BCUT2D eigenvalue weighted by atomic mass is 10.1. The molecule has 19 heavy (non-hydrogen) atoms. The Morgan fingerprint density at radius 2 is 2.11 bits per heavy atom. The summed E-state index contributed by atoms with van der Waals surface area (Å²) in [6.45, 7) is 3.39. The third-order valence-corrected chi connectivity index (χ3v) is 3.33. The Morgan fingerprint density at radius 1 is 1.42 bits per heavy atom. The number of hydrogen-bond donors (Lipinski definition) is 3. The van der Waals surface area contributed by atoms with E-state index >= 15 is 0 Å². The third kappa shape index (κ3) is 7.66. The van der Waals surface area contributed by atoms with Gasteiger partial charge in [0.25, 0.3) is 0 Å². The molecule has 0 aromatic rings. The molecular formula is C13H25N3O3. The van der Waals surface area contributed by atoms with Crippen LogP contribution in [0, 0.1) is 0 Å². The lowest BCUT2D eigenvalue weighted by molar-refractivity contribution is -0.137. The number of carbonyl (C=O) groups excluding carboxylic acids is 1. The van der Waals surface area contributed by atoms with E-state index in [1.807, 2.05) is 6.92 Å². The second kappa shape index (κ2) is 7.99. The third-order valence-electron chi connectivity index (χ3n) is 3.33. The van der Waals surface area contributed by atoms with E-state index in [0.29, 0.717) is 25.4 Å². The molecule has 1 aliphatic rings. The number of aliphatic carboxylic acids is 1. The fourth-order valence-corrected chi connectivity index (χ4v) is 1.95. The standard InChI is InChI=1S/C13H25N3O3/c1-10(4-3-5-12(17)18)15-13(19)14-8-9-16(2)11-6-7-11/h10-11H,3-9H2,1-2H3,(H,17,18)(H2,14,15,19). The first kappa shape index (κ1) is 15.8. The van der Waals surface area contributed by atoms with Crippen molar-refractivity contribution in [2.45, 2.75) is 51.1 Å². The van der Waals surface area contributed by atoms with Gasteiger partial charge in [-0.25, -0.2) is 4.79 Å². The molecule has 0 aromatic heterocycles. The van der Waals surface area contributed by atoms with Crippen molar-refractivity contribution in [2.24, 2.45) is 0 Å². The van der Waals surface area contributed by atoms with Gasteiger partial charge in [-0.2, -0.15) is 0 Å². The number of amides is 2. The molecule has 1 rings (SSSR count). The molecule has 0 spiro atoms. The summed E-state index contributed by atoms with van der Waals surface area (Å²) in [5.74, 6) is -0.792. The van der Waals surface area contributed by atoms with Gasteiger partial charge in [-0.3, -0.25) is 4.79 Å². The van der Waals surface area contributed by atoms with E-state index in [1.165, 1.54) is 12.8 Å². The summed E-state index contributed by atoms with van der Waals surface area (Å²) in [6, 6.07) is 0.535. The Balaban J connectivity index is 2.00. The molecule has 2 amide bonds. The molecule has 0 aliphatic heterocycles. The molecule has 1 fully saturated rings. The molecule has 0 saturated heterocycles. The molecule has 0 radical (unpaired) electrons. The number of carboxylic acids is 1. The quantitative estimate of drug-likeness (QED) is 0.585. The largest absolute Gasteiger partial charge is 0.481 e. The van der Waals surface area contributed by atoms with Gasteiger partial charge in [0.15, 0.2) is 0 Å². The second-order valence-corrected chi connectivity index (χ2v) is 5.30. The average Bonchev–Trinajstić information content (AvgIpc) is 3.11. The summed E-state index contributed by atoms with van der Waals surface area (Å²) in [7, 11) is 2.08. The maximum absolute atomic E-state index is 11.6. The molecule has 0 heterocycles. The van der Waals surface area contributed by atoms with Crippen molar-refractivity contribution in [3.8, 4) is 0 Å². The van der Waals surface area contributed by atoms with Crippen LogP contribution in [0.2, 0.25) is 0 Å². The summed E-state index contributed by atoms with van der Waals surface area (Å²) < 4.78 is 0. The normalized spacial score (nSPS) is 16.2. The van der Waals surface area contributed by atoms with Gasteiger partial charge < -0.3 is 20.6 Å². The van der Waals surface area contributed by atoms with E-state index in [1.54, 1.807) is 0 Å². The fraction of sp³-hybridized carbons (Fsp3) is 0.846. The summed E-state index contributed by atoms with van der Waals surface area (Å²) >= 11 is 0. The molecule has 1 saturated carbocycles. The summed E-state index contributed by atoms with van der Waals surface area (Å²) in [5, 5.41) is 14.2. The predicted octanol–water partition coefficient (Wildman–Crippen LogP) is 1.02. The highest BCUT2D eigenvalue weighted by atomic mass is 16.4. The van der Waals surface area contributed by atoms with E-state index in [-0.39, 0.29) is 18.5 Å².